The molecule has 9 nitrogen and oxygen atoms in total. The van der Waals surface area contributed by atoms with Crippen molar-refractivity contribution in [2.24, 2.45) is 5.92 Å². The van der Waals surface area contributed by atoms with Crippen LogP contribution in [0.3, 0.4) is 0 Å². The molecule has 0 saturated heterocycles. The molecular weight excluding hydrogens is 432 g/mol. The molecule has 1 amide bonds. The molecule has 0 spiro atoms. The van der Waals surface area contributed by atoms with E-state index in [9.17, 15) is 9.59 Å². The standard InChI is InChI=1S/C22H20N4O5S/c1-12(2)10-30-22(28)18-13(15-8-24-17(29-3)9-23-15)11-32-21(18)26-19(27)20-25-14-6-4-5-7-16(14)31-20/h4-9,11-12H,10H2,1-3H3,(H,26,27). The van der Waals surface area contributed by atoms with Crippen LogP contribution in [-0.4, -0.2) is 40.5 Å². The summed E-state index contributed by atoms with van der Waals surface area (Å²) in [5, 5.41) is 4.74. The molecule has 0 fully saturated rings. The molecule has 32 heavy (non-hydrogen) atoms. The van der Waals surface area contributed by atoms with E-state index in [1.54, 1.807) is 29.6 Å². The lowest BCUT2D eigenvalue weighted by atomic mass is 10.1. The fraction of sp³-hybridized carbons (Fsp3) is 0.227. The highest BCUT2D eigenvalue weighted by Gasteiger charge is 2.26. The average molecular weight is 452 g/mol. The SMILES string of the molecule is COc1cnc(-c2csc(NC(=O)c3nc4ccccc4o3)c2C(=O)OCC(C)C)cn1. The van der Waals surface area contributed by atoms with Gasteiger partial charge in [-0.3, -0.25) is 4.79 Å². The molecule has 4 rings (SSSR count). The number of anilines is 1. The molecule has 4 aromatic rings. The first-order valence-corrected chi connectivity index (χ1v) is 10.7. The van der Waals surface area contributed by atoms with E-state index in [-0.39, 0.29) is 24.0 Å². The van der Waals surface area contributed by atoms with E-state index in [0.717, 1.165) is 0 Å². The van der Waals surface area contributed by atoms with Crippen LogP contribution in [0.15, 0.2) is 46.5 Å². The summed E-state index contributed by atoms with van der Waals surface area (Å²) in [5.41, 5.74) is 2.19. The smallest absolute Gasteiger partial charge is 0.341 e. The maximum Gasteiger partial charge on any atom is 0.341 e. The molecule has 3 heterocycles. The van der Waals surface area contributed by atoms with Gasteiger partial charge in [-0.05, 0) is 18.1 Å². The number of methoxy groups -OCH3 is 1. The van der Waals surface area contributed by atoms with E-state index in [1.807, 2.05) is 13.8 Å². The molecule has 164 valence electrons. The third kappa shape index (κ3) is 4.45. The first-order chi connectivity index (χ1) is 15.5. The zero-order valence-electron chi connectivity index (χ0n) is 17.6. The van der Waals surface area contributed by atoms with Gasteiger partial charge in [0.2, 0.25) is 5.88 Å². The second-order valence-electron chi connectivity index (χ2n) is 7.23. The molecule has 0 radical (unpaired) electrons. The second kappa shape index (κ2) is 9.15. The average Bonchev–Trinajstić information content (AvgIpc) is 3.42. The Balaban J connectivity index is 1.67. The zero-order valence-corrected chi connectivity index (χ0v) is 18.4. The summed E-state index contributed by atoms with van der Waals surface area (Å²) in [4.78, 5) is 38.4. The monoisotopic (exact) mass is 452 g/mol. The van der Waals surface area contributed by atoms with Gasteiger partial charge < -0.3 is 19.2 Å². The third-order valence-corrected chi connectivity index (χ3v) is 5.27. The number of ether oxygens (including phenoxy) is 2. The van der Waals surface area contributed by atoms with Crippen molar-refractivity contribution < 1.29 is 23.5 Å². The number of aromatic nitrogens is 3. The zero-order chi connectivity index (χ0) is 22.7. The third-order valence-electron chi connectivity index (χ3n) is 4.37. The molecule has 0 bridgehead atoms. The Morgan fingerprint density at radius 1 is 1.19 bits per heavy atom. The first kappa shape index (κ1) is 21.4. The highest BCUT2D eigenvalue weighted by molar-refractivity contribution is 7.15. The molecular formula is C22H20N4O5S. The van der Waals surface area contributed by atoms with Crippen molar-refractivity contribution in [2.45, 2.75) is 13.8 Å². The van der Waals surface area contributed by atoms with E-state index in [0.29, 0.717) is 33.2 Å². The van der Waals surface area contributed by atoms with E-state index in [1.165, 1.54) is 30.8 Å². The highest BCUT2D eigenvalue weighted by atomic mass is 32.1. The number of rotatable bonds is 7. The van der Waals surface area contributed by atoms with Gasteiger partial charge in [0.15, 0.2) is 5.58 Å². The Hall–Kier alpha value is -3.79. The van der Waals surface area contributed by atoms with Crippen LogP contribution in [0.25, 0.3) is 22.4 Å². The highest BCUT2D eigenvalue weighted by Crippen LogP contribution is 2.36. The Bertz CT molecular complexity index is 1230. The van der Waals surface area contributed by atoms with Gasteiger partial charge in [-0.2, -0.15) is 0 Å². The number of fused-ring (bicyclic) bond motifs is 1. The van der Waals surface area contributed by atoms with Crippen molar-refractivity contribution in [1.29, 1.82) is 0 Å². The van der Waals surface area contributed by atoms with E-state index in [2.05, 4.69) is 20.3 Å². The van der Waals surface area contributed by atoms with E-state index < -0.39 is 11.9 Å². The Morgan fingerprint density at radius 2 is 2.00 bits per heavy atom. The van der Waals surface area contributed by atoms with Gasteiger partial charge in [-0.1, -0.05) is 26.0 Å². The number of carbonyl (C=O) groups is 2. The van der Waals surface area contributed by atoms with Gasteiger partial charge in [0.25, 0.3) is 5.89 Å². The van der Waals surface area contributed by atoms with Crippen LogP contribution in [-0.2, 0) is 4.74 Å². The van der Waals surface area contributed by atoms with E-state index >= 15 is 0 Å². The van der Waals surface area contributed by atoms with Crippen LogP contribution in [0.2, 0.25) is 0 Å². The topological polar surface area (TPSA) is 116 Å². The number of amides is 1. The van der Waals surface area contributed by atoms with Crippen LogP contribution in [0, 0.1) is 5.92 Å². The molecule has 0 unspecified atom stereocenters. The number of thiophene rings is 1. The summed E-state index contributed by atoms with van der Waals surface area (Å²) in [6.07, 6.45) is 2.94. The number of nitrogens with zero attached hydrogens (tertiary/aromatic N) is 3. The molecule has 0 aliphatic heterocycles. The lowest BCUT2D eigenvalue weighted by Crippen LogP contribution is -2.16. The van der Waals surface area contributed by atoms with Crippen LogP contribution in [0.5, 0.6) is 5.88 Å². The van der Waals surface area contributed by atoms with Crippen LogP contribution >= 0.6 is 11.3 Å². The van der Waals surface area contributed by atoms with Crippen molar-refractivity contribution in [3.63, 3.8) is 0 Å². The lowest BCUT2D eigenvalue weighted by molar-refractivity contribution is 0.0461. The summed E-state index contributed by atoms with van der Waals surface area (Å²) in [6, 6.07) is 7.06. The Labute approximate surface area is 187 Å². The van der Waals surface area contributed by atoms with Crippen molar-refractivity contribution in [3.8, 4) is 17.1 Å². The minimum Gasteiger partial charge on any atom is -0.480 e. The molecule has 0 saturated carbocycles. The van der Waals surface area contributed by atoms with Gasteiger partial charge in [-0.25, -0.2) is 19.7 Å². The predicted molar refractivity (Wildman–Crippen MR) is 119 cm³/mol. The summed E-state index contributed by atoms with van der Waals surface area (Å²) in [6.45, 7) is 4.11. The molecule has 10 heteroatoms. The molecule has 0 aliphatic carbocycles. The quantitative estimate of drug-likeness (QED) is 0.410. The number of hydrogen-bond donors (Lipinski definition) is 1. The van der Waals surface area contributed by atoms with Crippen molar-refractivity contribution in [2.75, 3.05) is 19.0 Å². The maximum atomic E-state index is 12.9. The predicted octanol–water partition coefficient (Wildman–Crippen LogP) is 4.42. The van der Waals surface area contributed by atoms with Crippen LogP contribution in [0.1, 0.15) is 34.9 Å². The molecule has 3 aromatic heterocycles. The number of nitrogens with one attached hydrogen (secondary N) is 1. The lowest BCUT2D eigenvalue weighted by Gasteiger charge is -2.10. The van der Waals surface area contributed by atoms with Crippen LogP contribution in [0.4, 0.5) is 5.00 Å². The second-order valence-corrected chi connectivity index (χ2v) is 8.11. The van der Waals surface area contributed by atoms with Gasteiger partial charge in [0, 0.05) is 10.9 Å². The number of benzene rings is 1. The number of para-hydroxylation sites is 2. The minimum absolute atomic E-state index is 0.105. The maximum absolute atomic E-state index is 12.9. The number of esters is 1. The fourth-order valence-corrected chi connectivity index (χ4v) is 3.78. The molecule has 1 N–H and O–H groups in total. The minimum atomic E-state index is -0.576. The summed E-state index contributed by atoms with van der Waals surface area (Å²) < 4.78 is 16.0. The molecule has 0 aliphatic rings. The largest absolute Gasteiger partial charge is 0.480 e. The van der Waals surface area contributed by atoms with Crippen molar-refractivity contribution in [3.05, 3.63) is 53.5 Å². The summed E-state index contributed by atoms with van der Waals surface area (Å²) in [5.74, 6) is -0.752. The molecule has 0 atom stereocenters. The summed E-state index contributed by atoms with van der Waals surface area (Å²) in [7, 11) is 1.49. The number of oxazole rings is 1. The van der Waals surface area contributed by atoms with Crippen molar-refractivity contribution >= 4 is 39.3 Å². The van der Waals surface area contributed by atoms with Crippen molar-refractivity contribution in [1.82, 2.24) is 15.0 Å². The Morgan fingerprint density at radius 3 is 2.69 bits per heavy atom. The summed E-state index contributed by atoms with van der Waals surface area (Å²) >= 11 is 1.17. The van der Waals surface area contributed by atoms with Gasteiger partial charge in [-0.15, -0.1) is 11.3 Å². The van der Waals surface area contributed by atoms with Gasteiger partial charge >= 0.3 is 11.9 Å². The first-order valence-electron chi connectivity index (χ1n) is 9.78. The molecule has 1 aromatic carbocycles. The van der Waals surface area contributed by atoms with Gasteiger partial charge in [0.1, 0.15) is 16.1 Å². The van der Waals surface area contributed by atoms with E-state index in [4.69, 9.17) is 13.9 Å². The number of hydrogen-bond acceptors (Lipinski definition) is 9. The number of carbonyl (C=O) groups excluding carboxylic acids is 2. The normalized spacial score (nSPS) is 11.0. The van der Waals surface area contributed by atoms with Crippen LogP contribution < -0.4 is 10.1 Å². The Kier molecular flexibility index (Phi) is 6.13. The van der Waals surface area contributed by atoms with Gasteiger partial charge in [0.05, 0.1) is 31.8 Å². The fourth-order valence-electron chi connectivity index (χ4n) is 2.84.